The van der Waals surface area contributed by atoms with Crippen LogP contribution in [-0.4, -0.2) is 42.4 Å². The van der Waals surface area contributed by atoms with Crippen molar-refractivity contribution in [1.82, 2.24) is 10.6 Å². The number of nitrogens with one attached hydrogen (secondary N) is 2. The third-order valence-corrected chi connectivity index (χ3v) is 3.31. The molecule has 0 aromatic rings. The van der Waals surface area contributed by atoms with Crippen LogP contribution in [0.15, 0.2) is 0 Å². The van der Waals surface area contributed by atoms with Crippen LogP contribution in [-0.2, 0) is 9.53 Å². The minimum absolute atomic E-state index is 0.0335. The number of urea groups is 1. The Morgan fingerprint density at radius 3 is 2.61 bits per heavy atom. The third kappa shape index (κ3) is 4.18. The van der Waals surface area contributed by atoms with E-state index in [1.165, 1.54) is 0 Å². The number of hydrogen-bond acceptors (Lipinski definition) is 3. The van der Waals surface area contributed by atoms with E-state index < -0.39 is 11.4 Å². The van der Waals surface area contributed by atoms with Gasteiger partial charge in [0.25, 0.3) is 0 Å². The second-order valence-electron chi connectivity index (χ2n) is 5.31. The van der Waals surface area contributed by atoms with Crippen LogP contribution in [0, 0.1) is 5.41 Å². The Morgan fingerprint density at radius 1 is 1.44 bits per heavy atom. The van der Waals surface area contributed by atoms with Gasteiger partial charge in [0.05, 0.1) is 17.6 Å². The van der Waals surface area contributed by atoms with Crippen LogP contribution >= 0.6 is 0 Å². The first kappa shape index (κ1) is 14.8. The van der Waals surface area contributed by atoms with E-state index in [4.69, 9.17) is 9.84 Å². The highest BCUT2D eigenvalue weighted by Crippen LogP contribution is 2.19. The lowest BCUT2D eigenvalue weighted by atomic mass is 9.90. The standard InChI is InChI=1S/C12H22N2O4/c1-8-9(4-7-18-8)14-11(17)13-6-5-12(2,3)10(15)16/h8-9H,4-7H2,1-3H3,(H,15,16)(H2,13,14,17). The van der Waals surface area contributed by atoms with Gasteiger partial charge in [0.2, 0.25) is 0 Å². The van der Waals surface area contributed by atoms with Crippen molar-refractivity contribution < 1.29 is 19.4 Å². The molecule has 0 bridgehead atoms. The van der Waals surface area contributed by atoms with Crippen LogP contribution in [0.1, 0.15) is 33.6 Å². The number of rotatable bonds is 5. The summed E-state index contributed by atoms with van der Waals surface area (Å²) in [6, 6.07) is -0.226. The highest BCUT2D eigenvalue weighted by Gasteiger charge is 2.28. The van der Waals surface area contributed by atoms with Crippen molar-refractivity contribution >= 4 is 12.0 Å². The van der Waals surface area contributed by atoms with Crippen LogP contribution in [0.5, 0.6) is 0 Å². The van der Waals surface area contributed by atoms with E-state index in [-0.39, 0.29) is 18.2 Å². The molecule has 0 aromatic heterocycles. The maximum Gasteiger partial charge on any atom is 0.315 e. The summed E-state index contributed by atoms with van der Waals surface area (Å²) < 4.78 is 5.34. The Kier molecular flexibility index (Phi) is 4.95. The van der Waals surface area contributed by atoms with Crippen molar-refractivity contribution in [2.45, 2.75) is 45.8 Å². The summed E-state index contributed by atoms with van der Waals surface area (Å²) in [7, 11) is 0. The highest BCUT2D eigenvalue weighted by atomic mass is 16.5. The molecule has 0 spiro atoms. The fraction of sp³-hybridized carbons (Fsp3) is 0.833. The molecule has 6 nitrogen and oxygen atoms in total. The number of amides is 2. The van der Waals surface area contributed by atoms with Gasteiger partial charge in [0.1, 0.15) is 0 Å². The van der Waals surface area contributed by atoms with E-state index in [1.807, 2.05) is 6.92 Å². The first-order valence-corrected chi connectivity index (χ1v) is 6.22. The smallest absolute Gasteiger partial charge is 0.315 e. The zero-order chi connectivity index (χ0) is 13.8. The molecule has 3 N–H and O–H groups in total. The first-order chi connectivity index (χ1) is 8.33. The number of hydrogen-bond donors (Lipinski definition) is 3. The van der Waals surface area contributed by atoms with E-state index in [9.17, 15) is 9.59 Å². The summed E-state index contributed by atoms with van der Waals surface area (Å²) in [4.78, 5) is 22.4. The summed E-state index contributed by atoms with van der Waals surface area (Å²) in [5, 5.41) is 14.4. The lowest BCUT2D eigenvalue weighted by molar-refractivity contribution is -0.147. The van der Waals surface area contributed by atoms with Crippen molar-refractivity contribution in [2.24, 2.45) is 5.41 Å². The van der Waals surface area contributed by atoms with Crippen molar-refractivity contribution in [3.8, 4) is 0 Å². The second-order valence-corrected chi connectivity index (χ2v) is 5.31. The molecule has 0 radical (unpaired) electrons. The quantitative estimate of drug-likeness (QED) is 0.685. The molecule has 0 aliphatic carbocycles. The van der Waals surface area contributed by atoms with Gasteiger partial charge in [-0.15, -0.1) is 0 Å². The van der Waals surface area contributed by atoms with Gasteiger partial charge in [0.15, 0.2) is 0 Å². The molecule has 104 valence electrons. The lowest BCUT2D eigenvalue weighted by Gasteiger charge is -2.20. The topological polar surface area (TPSA) is 87.7 Å². The van der Waals surface area contributed by atoms with Gasteiger partial charge < -0.3 is 20.5 Å². The number of carboxylic acid groups (broad SMARTS) is 1. The van der Waals surface area contributed by atoms with E-state index in [2.05, 4.69) is 10.6 Å². The summed E-state index contributed by atoms with van der Waals surface area (Å²) in [5.41, 5.74) is -0.822. The summed E-state index contributed by atoms with van der Waals surface area (Å²) in [6.45, 7) is 6.21. The van der Waals surface area contributed by atoms with Gasteiger partial charge in [-0.05, 0) is 33.6 Å². The molecule has 2 unspecified atom stereocenters. The molecule has 0 aromatic carbocycles. The molecule has 1 saturated heterocycles. The predicted octanol–water partition coefficient (Wildman–Crippen LogP) is 0.964. The average Bonchev–Trinajstić information content (AvgIpc) is 2.64. The molecule has 2 atom stereocenters. The fourth-order valence-electron chi connectivity index (χ4n) is 1.74. The predicted molar refractivity (Wildman–Crippen MR) is 66.4 cm³/mol. The van der Waals surface area contributed by atoms with E-state index in [0.29, 0.717) is 19.6 Å². The van der Waals surface area contributed by atoms with Crippen LogP contribution in [0.3, 0.4) is 0 Å². The Balaban J connectivity index is 2.23. The van der Waals surface area contributed by atoms with Crippen molar-refractivity contribution in [1.29, 1.82) is 0 Å². The highest BCUT2D eigenvalue weighted by molar-refractivity contribution is 5.75. The number of carbonyl (C=O) groups excluding carboxylic acids is 1. The minimum Gasteiger partial charge on any atom is -0.481 e. The summed E-state index contributed by atoms with van der Waals surface area (Å²) in [6.07, 6.45) is 1.24. The normalized spacial score (nSPS) is 23.7. The molecular weight excluding hydrogens is 236 g/mol. The molecule has 6 heteroatoms. The van der Waals surface area contributed by atoms with E-state index in [1.54, 1.807) is 13.8 Å². The van der Waals surface area contributed by atoms with Gasteiger partial charge in [-0.3, -0.25) is 4.79 Å². The molecule has 2 amide bonds. The molecule has 1 aliphatic rings. The van der Waals surface area contributed by atoms with Gasteiger partial charge in [0, 0.05) is 13.2 Å². The van der Waals surface area contributed by atoms with Gasteiger partial charge in [-0.25, -0.2) is 4.79 Å². The van der Waals surface area contributed by atoms with Gasteiger partial charge >= 0.3 is 12.0 Å². The van der Waals surface area contributed by atoms with Gasteiger partial charge in [-0.2, -0.15) is 0 Å². The minimum atomic E-state index is -0.859. The number of carbonyl (C=O) groups is 2. The Morgan fingerprint density at radius 2 is 2.11 bits per heavy atom. The fourth-order valence-corrected chi connectivity index (χ4v) is 1.74. The third-order valence-electron chi connectivity index (χ3n) is 3.31. The maximum atomic E-state index is 11.6. The molecule has 1 aliphatic heterocycles. The van der Waals surface area contributed by atoms with Crippen LogP contribution in [0.4, 0.5) is 4.79 Å². The van der Waals surface area contributed by atoms with Gasteiger partial charge in [-0.1, -0.05) is 0 Å². The molecular formula is C12H22N2O4. The maximum absolute atomic E-state index is 11.6. The Hall–Kier alpha value is -1.30. The lowest BCUT2D eigenvalue weighted by Crippen LogP contribution is -2.45. The SMILES string of the molecule is CC1OCCC1NC(=O)NCCC(C)(C)C(=O)O. The largest absolute Gasteiger partial charge is 0.481 e. The number of carboxylic acids is 1. The Labute approximate surface area is 107 Å². The number of ether oxygens (including phenoxy) is 1. The Bertz CT molecular complexity index is 317. The molecule has 18 heavy (non-hydrogen) atoms. The zero-order valence-corrected chi connectivity index (χ0v) is 11.2. The van der Waals surface area contributed by atoms with Crippen molar-refractivity contribution in [2.75, 3.05) is 13.2 Å². The van der Waals surface area contributed by atoms with E-state index >= 15 is 0 Å². The van der Waals surface area contributed by atoms with Crippen LogP contribution in [0.2, 0.25) is 0 Å². The summed E-state index contributed by atoms with van der Waals surface area (Å²) in [5.74, 6) is -0.859. The van der Waals surface area contributed by atoms with Crippen molar-refractivity contribution in [3.63, 3.8) is 0 Å². The van der Waals surface area contributed by atoms with Crippen LogP contribution < -0.4 is 10.6 Å². The van der Waals surface area contributed by atoms with Crippen LogP contribution in [0.25, 0.3) is 0 Å². The monoisotopic (exact) mass is 258 g/mol. The summed E-state index contributed by atoms with van der Waals surface area (Å²) >= 11 is 0. The van der Waals surface area contributed by atoms with Crippen molar-refractivity contribution in [3.05, 3.63) is 0 Å². The zero-order valence-electron chi connectivity index (χ0n) is 11.2. The molecule has 1 rings (SSSR count). The second kappa shape index (κ2) is 6.04. The van der Waals surface area contributed by atoms with E-state index in [0.717, 1.165) is 6.42 Å². The molecule has 1 fully saturated rings. The first-order valence-electron chi connectivity index (χ1n) is 6.22. The average molecular weight is 258 g/mol. The molecule has 0 saturated carbocycles. The number of aliphatic carboxylic acids is 1. The molecule has 1 heterocycles.